The molecule has 0 saturated carbocycles. The summed E-state index contributed by atoms with van der Waals surface area (Å²) >= 11 is 0. The second-order valence-electron chi connectivity index (χ2n) is 6.31. The number of amides is 4. The number of aromatic hydroxyl groups is 1. The van der Waals surface area contributed by atoms with E-state index >= 15 is 0 Å². The zero-order valence-electron chi connectivity index (χ0n) is 14.1. The fourth-order valence-electron chi connectivity index (χ4n) is 3.63. The number of carbonyl (C=O) groups is 2. The van der Waals surface area contributed by atoms with Gasteiger partial charge in [-0.05, 0) is 24.6 Å². The fraction of sp³-hybridized carbons (Fsp3) is 0.500. The summed E-state index contributed by atoms with van der Waals surface area (Å²) in [4.78, 5) is 27.6. The lowest BCUT2D eigenvalue weighted by molar-refractivity contribution is 0.0247. The van der Waals surface area contributed by atoms with Crippen molar-refractivity contribution in [1.82, 2.24) is 20.4 Å². The highest BCUT2D eigenvalue weighted by molar-refractivity contribution is 5.80. The van der Waals surface area contributed by atoms with Gasteiger partial charge in [0.2, 0.25) is 0 Å². The third kappa shape index (κ3) is 2.38. The van der Waals surface area contributed by atoms with Crippen molar-refractivity contribution in [3.05, 3.63) is 23.8 Å². The molecule has 8 nitrogen and oxygen atoms in total. The van der Waals surface area contributed by atoms with Gasteiger partial charge in [0, 0.05) is 26.1 Å². The number of hydrogen-bond acceptors (Lipinski definition) is 4. The monoisotopic (exact) mass is 334 g/mol. The summed E-state index contributed by atoms with van der Waals surface area (Å²) in [6.45, 7) is 1.93. The lowest BCUT2D eigenvalue weighted by Gasteiger charge is -2.52. The lowest BCUT2D eigenvalue weighted by atomic mass is 9.81. The molecule has 1 aromatic rings. The summed E-state index contributed by atoms with van der Waals surface area (Å²) in [5.74, 6) is 0.330. The SMILES string of the molecule is COc1cc([C@H]2[C@@H]3[C@@H](NC(=O)N2C)N(C)C(=O)N[C@@H]3C)ccc1O. The maximum absolute atomic E-state index is 12.4. The van der Waals surface area contributed by atoms with Gasteiger partial charge < -0.3 is 30.3 Å². The summed E-state index contributed by atoms with van der Waals surface area (Å²) in [7, 11) is 4.87. The molecule has 0 aromatic heterocycles. The zero-order valence-corrected chi connectivity index (χ0v) is 14.1. The topological polar surface area (TPSA) is 94.1 Å². The van der Waals surface area contributed by atoms with Gasteiger partial charge in [0.25, 0.3) is 0 Å². The Hall–Kier alpha value is -2.64. The van der Waals surface area contributed by atoms with Crippen LogP contribution in [0.4, 0.5) is 9.59 Å². The molecule has 2 aliphatic heterocycles. The summed E-state index contributed by atoms with van der Waals surface area (Å²) in [5, 5.41) is 15.7. The first kappa shape index (κ1) is 16.2. The van der Waals surface area contributed by atoms with E-state index in [0.717, 1.165) is 5.56 Å². The molecule has 24 heavy (non-hydrogen) atoms. The fourth-order valence-corrected chi connectivity index (χ4v) is 3.63. The van der Waals surface area contributed by atoms with E-state index in [9.17, 15) is 14.7 Å². The van der Waals surface area contributed by atoms with Crippen LogP contribution in [0.2, 0.25) is 0 Å². The Morgan fingerprint density at radius 1 is 1.12 bits per heavy atom. The molecule has 3 N–H and O–H groups in total. The van der Waals surface area contributed by atoms with Crippen molar-refractivity contribution in [2.45, 2.75) is 25.2 Å². The number of carbonyl (C=O) groups excluding carboxylic acids is 2. The van der Waals surface area contributed by atoms with Gasteiger partial charge >= 0.3 is 12.1 Å². The number of urea groups is 2. The van der Waals surface area contributed by atoms with Gasteiger partial charge in [0.1, 0.15) is 6.17 Å². The van der Waals surface area contributed by atoms with Gasteiger partial charge in [-0.3, -0.25) is 0 Å². The molecular weight excluding hydrogens is 312 g/mol. The molecule has 4 atom stereocenters. The summed E-state index contributed by atoms with van der Waals surface area (Å²) in [6, 6.07) is 4.20. The van der Waals surface area contributed by atoms with E-state index in [1.807, 2.05) is 6.92 Å². The van der Waals surface area contributed by atoms with E-state index in [0.29, 0.717) is 5.75 Å². The standard InChI is InChI=1S/C16H22N4O4/c1-8-12-13(9-5-6-10(21)11(7-9)24-4)19(2)16(23)18-14(12)20(3)15(22)17-8/h5-8,12-14,21H,1-4H3,(H,17,22)(H,18,23)/t8-,12-,13+,14+/m1/s1. The first-order valence-electron chi connectivity index (χ1n) is 7.78. The number of nitrogens with one attached hydrogen (secondary N) is 2. The van der Waals surface area contributed by atoms with Crippen LogP contribution in [0.15, 0.2) is 18.2 Å². The van der Waals surface area contributed by atoms with E-state index in [-0.39, 0.29) is 35.8 Å². The molecule has 0 aliphatic carbocycles. The van der Waals surface area contributed by atoms with Crippen LogP contribution >= 0.6 is 0 Å². The Morgan fingerprint density at radius 2 is 1.79 bits per heavy atom. The van der Waals surface area contributed by atoms with Crippen LogP contribution in [0.25, 0.3) is 0 Å². The normalized spacial score (nSPS) is 29.7. The maximum atomic E-state index is 12.4. The van der Waals surface area contributed by atoms with Gasteiger partial charge in [-0.1, -0.05) is 6.07 Å². The molecule has 2 saturated heterocycles. The number of benzene rings is 1. The van der Waals surface area contributed by atoms with Crippen molar-refractivity contribution >= 4 is 12.1 Å². The molecule has 8 heteroatoms. The average molecular weight is 334 g/mol. The van der Waals surface area contributed by atoms with E-state index < -0.39 is 6.17 Å². The zero-order chi connectivity index (χ0) is 17.6. The van der Waals surface area contributed by atoms with E-state index in [2.05, 4.69) is 10.6 Å². The first-order valence-corrected chi connectivity index (χ1v) is 7.78. The Morgan fingerprint density at radius 3 is 2.46 bits per heavy atom. The molecule has 2 heterocycles. The molecule has 0 bridgehead atoms. The minimum atomic E-state index is -0.401. The number of rotatable bonds is 2. The van der Waals surface area contributed by atoms with Gasteiger partial charge in [0.05, 0.1) is 13.2 Å². The smallest absolute Gasteiger partial charge is 0.319 e. The van der Waals surface area contributed by atoms with Gasteiger partial charge in [-0.15, -0.1) is 0 Å². The second-order valence-corrected chi connectivity index (χ2v) is 6.31. The summed E-state index contributed by atoms with van der Waals surface area (Å²) in [6.07, 6.45) is -0.401. The quantitative estimate of drug-likeness (QED) is 0.754. The highest BCUT2D eigenvalue weighted by Crippen LogP contribution is 2.40. The number of phenolic OH excluding ortho intramolecular Hbond substituents is 1. The number of ether oxygens (including phenoxy) is 1. The van der Waals surface area contributed by atoms with Crippen LogP contribution < -0.4 is 15.4 Å². The molecule has 2 fully saturated rings. The van der Waals surface area contributed by atoms with E-state index in [1.54, 1.807) is 37.2 Å². The molecule has 0 unspecified atom stereocenters. The predicted molar refractivity (Wildman–Crippen MR) is 86.7 cm³/mol. The van der Waals surface area contributed by atoms with Crippen LogP contribution in [0.3, 0.4) is 0 Å². The highest BCUT2D eigenvalue weighted by atomic mass is 16.5. The summed E-state index contributed by atoms with van der Waals surface area (Å²) in [5.41, 5.74) is 0.841. The average Bonchev–Trinajstić information content (AvgIpc) is 2.55. The van der Waals surface area contributed by atoms with Crippen LogP contribution in [-0.4, -0.2) is 60.4 Å². The van der Waals surface area contributed by atoms with Crippen molar-refractivity contribution < 1.29 is 19.4 Å². The number of phenols is 1. The predicted octanol–water partition coefficient (Wildman–Crippen LogP) is 1.08. The largest absolute Gasteiger partial charge is 0.504 e. The van der Waals surface area contributed by atoms with Crippen molar-refractivity contribution in [3.8, 4) is 11.5 Å². The van der Waals surface area contributed by atoms with Crippen molar-refractivity contribution in [1.29, 1.82) is 0 Å². The molecular formula is C16H22N4O4. The molecule has 130 valence electrons. The van der Waals surface area contributed by atoms with Crippen LogP contribution in [0, 0.1) is 5.92 Å². The molecule has 3 rings (SSSR count). The van der Waals surface area contributed by atoms with Gasteiger partial charge in [0.15, 0.2) is 11.5 Å². The Bertz CT molecular complexity index is 680. The van der Waals surface area contributed by atoms with Crippen molar-refractivity contribution in [3.63, 3.8) is 0 Å². The highest BCUT2D eigenvalue weighted by Gasteiger charge is 2.49. The Kier molecular flexibility index (Phi) is 3.90. The van der Waals surface area contributed by atoms with Crippen LogP contribution in [0.1, 0.15) is 18.5 Å². The second kappa shape index (κ2) is 5.77. The van der Waals surface area contributed by atoms with Crippen LogP contribution in [0.5, 0.6) is 11.5 Å². The minimum absolute atomic E-state index is 0.0443. The van der Waals surface area contributed by atoms with E-state index in [1.165, 1.54) is 12.0 Å². The summed E-state index contributed by atoms with van der Waals surface area (Å²) < 4.78 is 5.19. The Labute approximate surface area is 140 Å². The van der Waals surface area contributed by atoms with Gasteiger partial charge in [-0.2, -0.15) is 0 Å². The van der Waals surface area contributed by atoms with Crippen molar-refractivity contribution in [2.75, 3.05) is 21.2 Å². The number of nitrogens with zero attached hydrogens (tertiary/aromatic N) is 2. The van der Waals surface area contributed by atoms with E-state index in [4.69, 9.17) is 4.74 Å². The van der Waals surface area contributed by atoms with Crippen molar-refractivity contribution in [2.24, 2.45) is 5.92 Å². The van der Waals surface area contributed by atoms with Crippen LogP contribution in [-0.2, 0) is 0 Å². The number of methoxy groups -OCH3 is 1. The third-order valence-corrected chi connectivity index (χ3v) is 4.95. The molecule has 1 aromatic carbocycles. The Balaban J connectivity index is 2.06. The molecule has 0 spiro atoms. The maximum Gasteiger partial charge on any atom is 0.319 e. The minimum Gasteiger partial charge on any atom is -0.504 e. The first-order chi connectivity index (χ1) is 11.3. The molecule has 0 radical (unpaired) electrons. The van der Waals surface area contributed by atoms with Gasteiger partial charge in [-0.25, -0.2) is 9.59 Å². The number of hydrogen-bond donors (Lipinski definition) is 3. The molecule has 4 amide bonds. The third-order valence-electron chi connectivity index (χ3n) is 4.95. The number of fused-ring (bicyclic) bond motifs is 1. The molecule has 2 aliphatic rings. The lowest BCUT2D eigenvalue weighted by Crippen LogP contribution is -2.71.